The second kappa shape index (κ2) is 6.94. The summed E-state index contributed by atoms with van der Waals surface area (Å²) in [6.07, 6.45) is 1.19. The first kappa shape index (κ1) is 15.2. The molecular formula is C17H29N. The molecule has 0 bridgehead atoms. The van der Waals surface area contributed by atoms with E-state index in [0.29, 0.717) is 12.0 Å². The lowest BCUT2D eigenvalue weighted by molar-refractivity contribution is 0.348. The Bertz CT molecular complexity index is 346. The highest BCUT2D eigenvalue weighted by Gasteiger charge is 2.16. The molecule has 1 aromatic rings. The van der Waals surface area contributed by atoms with Crippen molar-refractivity contribution in [1.82, 2.24) is 5.32 Å². The number of rotatable bonds is 6. The summed E-state index contributed by atoms with van der Waals surface area (Å²) in [7, 11) is 0. The zero-order chi connectivity index (χ0) is 13.7. The number of hydrogen-bond donors (Lipinski definition) is 1. The molecule has 18 heavy (non-hydrogen) atoms. The van der Waals surface area contributed by atoms with Gasteiger partial charge in [-0.1, -0.05) is 45.9 Å². The third-order valence-corrected chi connectivity index (χ3v) is 3.84. The van der Waals surface area contributed by atoms with E-state index in [0.717, 1.165) is 12.5 Å². The molecule has 0 aromatic heterocycles. The minimum absolute atomic E-state index is 0.573. The van der Waals surface area contributed by atoms with Gasteiger partial charge in [0.2, 0.25) is 0 Å². The number of hydrogen-bond acceptors (Lipinski definition) is 1. The first-order chi connectivity index (χ1) is 8.41. The Morgan fingerprint density at radius 1 is 1.00 bits per heavy atom. The van der Waals surface area contributed by atoms with Crippen LogP contribution >= 0.6 is 0 Å². The number of aryl methyl sites for hydroxylation is 2. The lowest BCUT2D eigenvalue weighted by atomic mass is 9.86. The van der Waals surface area contributed by atoms with Crippen LogP contribution in [0.4, 0.5) is 0 Å². The van der Waals surface area contributed by atoms with E-state index in [1.807, 2.05) is 0 Å². The highest BCUT2D eigenvalue weighted by Crippen LogP contribution is 2.22. The molecule has 1 heteroatoms. The second-order valence-corrected chi connectivity index (χ2v) is 6.14. The van der Waals surface area contributed by atoms with Crippen molar-refractivity contribution in [3.05, 3.63) is 34.9 Å². The Labute approximate surface area is 113 Å². The fourth-order valence-electron chi connectivity index (χ4n) is 2.36. The summed E-state index contributed by atoms with van der Waals surface area (Å²) in [4.78, 5) is 0. The summed E-state index contributed by atoms with van der Waals surface area (Å²) in [6, 6.07) is 7.19. The molecule has 1 unspecified atom stereocenters. The molecule has 0 fully saturated rings. The van der Waals surface area contributed by atoms with Crippen LogP contribution in [0.1, 0.15) is 44.4 Å². The Balaban J connectivity index is 2.77. The monoisotopic (exact) mass is 247 g/mol. The van der Waals surface area contributed by atoms with Crippen LogP contribution in [-0.2, 0) is 6.42 Å². The van der Waals surface area contributed by atoms with Crippen LogP contribution in [0.25, 0.3) is 0 Å². The molecule has 0 saturated heterocycles. The van der Waals surface area contributed by atoms with Gasteiger partial charge < -0.3 is 5.32 Å². The molecule has 0 radical (unpaired) electrons. The third-order valence-electron chi connectivity index (χ3n) is 3.84. The van der Waals surface area contributed by atoms with Gasteiger partial charge in [0.05, 0.1) is 0 Å². The molecule has 1 rings (SSSR count). The molecule has 0 heterocycles. The number of benzene rings is 1. The predicted molar refractivity (Wildman–Crippen MR) is 81.1 cm³/mol. The van der Waals surface area contributed by atoms with Gasteiger partial charge in [-0.3, -0.25) is 0 Å². The Morgan fingerprint density at radius 3 is 2.00 bits per heavy atom. The fourth-order valence-corrected chi connectivity index (χ4v) is 2.36. The van der Waals surface area contributed by atoms with Gasteiger partial charge in [-0.15, -0.1) is 0 Å². The van der Waals surface area contributed by atoms with E-state index in [1.54, 1.807) is 5.56 Å². The normalized spacial score (nSPS) is 13.3. The van der Waals surface area contributed by atoms with Crippen molar-refractivity contribution < 1.29 is 0 Å². The van der Waals surface area contributed by atoms with Crippen LogP contribution in [-0.4, -0.2) is 12.6 Å². The van der Waals surface area contributed by atoms with Crippen LogP contribution in [0, 0.1) is 25.7 Å². The molecule has 1 aromatic carbocycles. The van der Waals surface area contributed by atoms with Crippen LogP contribution in [0.15, 0.2) is 18.2 Å². The maximum Gasteiger partial charge on any atom is 0.00104 e. The molecule has 102 valence electrons. The molecule has 1 nitrogen and oxygen atoms in total. The van der Waals surface area contributed by atoms with Crippen molar-refractivity contribution >= 4 is 0 Å². The highest BCUT2D eigenvalue weighted by molar-refractivity contribution is 5.33. The summed E-state index contributed by atoms with van der Waals surface area (Å²) in [5.41, 5.74) is 4.41. The van der Waals surface area contributed by atoms with Gasteiger partial charge in [-0.2, -0.15) is 0 Å². The SMILES string of the molecule is Cc1cccc(C)c1CC(CNC(C)C)C(C)C. The zero-order valence-corrected chi connectivity index (χ0v) is 12.9. The van der Waals surface area contributed by atoms with Crippen LogP contribution in [0.2, 0.25) is 0 Å². The molecule has 0 aliphatic heterocycles. The van der Waals surface area contributed by atoms with E-state index in [4.69, 9.17) is 0 Å². The topological polar surface area (TPSA) is 12.0 Å². The predicted octanol–water partition coefficient (Wildman–Crippen LogP) is 4.12. The molecule has 0 amide bonds. The summed E-state index contributed by atoms with van der Waals surface area (Å²) >= 11 is 0. The minimum atomic E-state index is 0.573. The lowest BCUT2D eigenvalue weighted by Gasteiger charge is -2.24. The summed E-state index contributed by atoms with van der Waals surface area (Å²) in [5.74, 6) is 1.43. The maximum absolute atomic E-state index is 3.59. The van der Waals surface area contributed by atoms with Crippen molar-refractivity contribution in [2.45, 2.75) is 54.0 Å². The van der Waals surface area contributed by atoms with Gasteiger partial charge in [0, 0.05) is 6.04 Å². The van der Waals surface area contributed by atoms with E-state index >= 15 is 0 Å². The van der Waals surface area contributed by atoms with Crippen molar-refractivity contribution in [3.63, 3.8) is 0 Å². The standard InChI is InChI=1S/C17H29N/c1-12(2)16(11-18-13(3)4)10-17-14(5)8-7-9-15(17)6/h7-9,12-13,16,18H,10-11H2,1-6H3. The second-order valence-electron chi connectivity index (χ2n) is 6.14. The van der Waals surface area contributed by atoms with Gasteiger partial charge in [0.1, 0.15) is 0 Å². The average Bonchev–Trinajstić information content (AvgIpc) is 2.26. The average molecular weight is 247 g/mol. The van der Waals surface area contributed by atoms with Crippen molar-refractivity contribution in [1.29, 1.82) is 0 Å². The summed E-state index contributed by atoms with van der Waals surface area (Å²) in [5, 5.41) is 3.59. The maximum atomic E-state index is 3.59. The first-order valence-corrected chi connectivity index (χ1v) is 7.20. The molecule has 0 aliphatic carbocycles. The van der Waals surface area contributed by atoms with Crippen LogP contribution in [0.5, 0.6) is 0 Å². The van der Waals surface area contributed by atoms with Crippen LogP contribution < -0.4 is 5.32 Å². The first-order valence-electron chi connectivity index (χ1n) is 7.20. The molecule has 0 spiro atoms. The van der Waals surface area contributed by atoms with Crippen molar-refractivity contribution in [2.24, 2.45) is 11.8 Å². The van der Waals surface area contributed by atoms with Crippen LogP contribution in [0.3, 0.4) is 0 Å². The Hall–Kier alpha value is -0.820. The molecule has 0 aliphatic rings. The molecule has 0 saturated carbocycles. The smallest absolute Gasteiger partial charge is 0.00104 e. The Morgan fingerprint density at radius 2 is 1.56 bits per heavy atom. The fraction of sp³-hybridized carbons (Fsp3) is 0.647. The van der Waals surface area contributed by atoms with E-state index < -0.39 is 0 Å². The highest BCUT2D eigenvalue weighted by atomic mass is 14.9. The number of nitrogens with one attached hydrogen (secondary N) is 1. The third kappa shape index (κ3) is 4.45. The largest absolute Gasteiger partial charge is 0.314 e. The van der Waals surface area contributed by atoms with Gasteiger partial charge in [0.25, 0.3) is 0 Å². The van der Waals surface area contributed by atoms with Gasteiger partial charge in [-0.05, 0) is 55.3 Å². The zero-order valence-electron chi connectivity index (χ0n) is 12.9. The van der Waals surface area contributed by atoms with Crippen molar-refractivity contribution in [3.8, 4) is 0 Å². The van der Waals surface area contributed by atoms with E-state index in [9.17, 15) is 0 Å². The lowest BCUT2D eigenvalue weighted by Crippen LogP contribution is -2.32. The molecule has 1 atom stereocenters. The Kier molecular flexibility index (Phi) is 5.87. The molecular weight excluding hydrogens is 218 g/mol. The molecule has 1 N–H and O–H groups in total. The summed E-state index contributed by atoms with van der Waals surface area (Å²) < 4.78 is 0. The van der Waals surface area contributed by atoms with Gasteiger partial charge in [-0.25, -0.2) is 0 Å². The minimum Gasteiger partial charge on any atom is -0.314 e. The van der Waals surface area contributed by atoms with Gasteiger partial charge in [0.15, 0.2) is 0 Å². The van der Waals surface area contributed by atoms with Gasteiger partial charge >= 0.3 is 0 Å². The van der Waals surface area contributed by atoms with E-state index in [2.05, 4.69) is 65.1 Å². The van der Waals surface area contributed by atoms with E-state index in [1.165, 1.54) is 17.5 Å². The quantitative estimate of drug-likeness (QED) is 0.797. The summed E-state index contributed by atoms with van der Waals surface area (Å²) in [6.45, 7) is 14.7. The van der Waals surface area contributed by atoms with E-state index in [-0.39, 0.29) is 0 Å². The van der Waals surface area contributed by atoms with Crippen molar-refractivity contribution in [2.75, 3.05) is 6.54 Å².